The van der Waals surface area contributed by atoms with Crippen LogP contribution in [0.1, 0.15) is 5.69 Å². The molecule has 0 aliphatic rings. The number of benzene rings is 2. The topological polar surface area (TPSA) is 59.1 Å². The highest BCUT2D eigenvalue weighted by Gasteiger charge is 2.16. The van der Waals surface area contributed by atoms with E-state index in [9.17, 15) is 8.42 Å². The highest BCUT2D eigenvalue weighted by Crippen LogP contribution is 2.25. The van der Waals surface area contributed by atoms with Gasteiger partial charge in [-0.1, -0.05) is 53.5 Å². The van der Waals surface area contributed by atoms with Gasteiger partial charge in [0.2, 0.25) is 10.0 Å². The van der Waals surface area contributed by atoms with Crippen molar-refractivity contribution in [2.24, 2.45) is 0 Å². The van der Waals surface area contributed by atoms with Crippen molar-refractivity contribution < 1.29 is 8.42 Å². The van der Waals surface area contributed by atoms with Gasteiger partial charge in [0.25, 0.3) is 0 Å². The molecule has 0 amide bonds. The molecule has 1 heterocycles. The molecule has 1 aromatic heterocycles. The van der Waals surface area contributed by atoms with Crippen molar-refractivity contribution in [2.45, 2.75) is 11.4 Å². The summed E-state index contributed by atoms with van der Waals surface area (Å²) in [6, 6.07) is 13.9. The Morgan fingerprint density at radius 1 is 1.04 bits per heavy atom. The minimum absolute atomic E-state index is 0.0652. The van der Waals surface area contributed by atoms with Crippen molar-refractivity contribution in [3.05, 3.63) is 69.7 Å². The monoisotopic (exact) mass is 398 g/mol. The molecule has 0 radical (unpaired) electrons. The molecule has 1 N–H and O–H groups in total. The van der Waals surface area contributed by atoms with Crippen molar-refractivity contribution in [2.75, 3.05) is 0 Å². The summed E-state index contributed by atoms with van der Waals surface area (Å²) in [5.41, 5.74) is 1.66. The van der Waals surface area contributed by atoms with E-state index in [-0.39, 0.29) is 16.5 Å². The van der Waals surface area contributed by atoms with Gasteiger partial charge in [-0.3, -0.25) is 0 Å². The molecular weight excluding hydrogens is 387 g/mol. The first-order valence-corrected chi connectivity index (χ1v) is 10.0. The Labute approximate surface area is 154 Å². The van der Waals surface area contributed by atoms with E-state index in [1.54, 1.807) is 0 Å². The third-order valence-corrected chi connectivity index (χ3v) is 6.30. The number of thiazole rings is 1. The Bertz CT molecular complexity index is 957. The van der Waals surface area contributed by atoms with Gasteiger partial charge in [0.1, 0.15) is 5.01 Å². The molecule has 0 aliphatic heterocycles. The SMILES string of the molecule is O=S(=O)(NCc1csc(-c2ccccc2)n1)c1ccc(Cl)c(Cl)c1. The molecule has 0 fully saturated rings. The largest absolute Gasteiger partial charge is 0.240 e. The maximum atomic E-state index is 12.3. The lowest BCUT2D eigenvalue weighted by molar-refractivity contribution is 0.580. The minimum atomic E-state index is -3.68. The smallest absolute Gasteiger partial charge is 0.240 e. The van der Waals surface area contributed by atoms with Gasteiger partial charge in [-0.2, -0.15) is 0 Å². The molecule has 3 rings (SSSR count). The summed E-state index contributed by atoms with van der Waals surface area (Å²) in [5, 5.41) is 3.18. The highest BCUT2D eigenvalue weighted by atomic mass is 35.5. The van der Waals surface area contributed by atoms with Crippen LogP contribution in [-0.4, -0.2) is 13.4 Å². The Kier molecular flexibility index (Phi) is 5.22. The van der Waals surface area contributed by atoms with Crippen LogP contribution in [0.15, 0.2) is 58.8 Å². The predicted molar refractivity (Wildman–Crippen MR) is 98.0 cm³/mol. The molecule has 0 aliphatic carbocycles. The summed E-state index contributed by atoms with van der Waals surface area (Å²) >= 11 is 13.2. The van der Waals surface area contributed by atoms with E-state index in [0.717, 1.165) is 10.6 Å². The van der Waals surface area contributed by atoms with Crippen molar-refractivity contribution in [3.8, 4) is 10.6 Å². The standard InChI is InChI=1S/C16H12Cl2N2O2S2/c17-14-7-6-13(8-15(14)18)24(21,22)19-9-12-10-23-16(20-12)11-4-2-1-3-5-11/h1-8,10,19H,9H2. The molecule has 0 unspecified atom stereocenters. The Morgan fingerprint density at radius 3 is 2.50 bits per heavy atom. The maximum Gasteiger partial charge on any atom is 0.240 e. The molecular formula is C16H12Cl2N2O2S2. The first-order valence-electron chi connectivity index (χ1n) is 6.90. The van der Waals surface area contributed by atoms with Gasteiger partial charge in [-0.25, -0.2) is 18.1 Å². The second-order valence-electron chi connectivity index (χ2n) is 4.91. The van der Waals surface area contributed by atoms with Crippen LogP contribution in [0.2, 0.25) is 10.0 Å². The predicted octanol–water partition coefficient (Wildman–Crippen LogP) is 4.60. The second kappa shape index (κ2) is 7.21. The summed E-state index contributed by atoms with van der Waals surface area (Å²) < 4.78 is 27.1. The highest BCUT2D eigenvalue weighted by molar-refractivity contribution is 7.89. The van der Waals surface area contributed by atoms with Crippen LogP contribution >= 0.6 is 34.5 Å². The van der Waals surface area contributed by atoms with Gasteiger partial charge in [-0.05, 0) is 18.2 Å². The summed E-state index contributed by atoms with van der Waals surface area (Å²) in [7, 11) is -3.68. The van der Waals surface area contributed by atoms with Crippen LogP contribution in [-0.2, 0) is 16.6 Å². The van der Waals surface area contributed by atoms with Gasteiger partial charge in [0, 0.05) is 10.9 Å². The Hall–Kier alpha value is -1.44. The van der Waals surface area contributed by atoms with Gasteiger partial charge in [0.05, 0.1) is 27.2 Å². The van der Waals surface area contributed by atoms with E-state index >= 15 is 0 Å². The molecule has 24 heavy (non-hydrogen) atoms. The molecule has 3 aromatic rings. The lowest BCUT2D eigenvalue weighted by Crippen LogP contribution is -2.23. The molecule has 0 saturated heterocycles. The van der Waals surface area contributed by atoms with Crippen LogP contribution in [0.3, 0.4) is 0 Å². The average molecular weight is 399 g/mol. The van der Waals surface area contributed by atoms with Crippen LogP contribution in [0.25, 0.3) is 10.6 Å². The summed E-state index contributed by atoms with van der Waals surface area (Å²) in [6.45, 7) is 0.103. The first kappa shape index (κ1) is 17.4. The first-order chi connectivity index (χ1) is 11.5. The zero-order chi connectivity index (χ0) is 17.2. The van der Waals surface area contributed by atoms with E-state index < -0.39 is 10.0 Å². The fourth-order valence-electron chi connectivity index (χ4n) is 2.00. The molecule has 0 spiro atoms. The van der Waals surface area contributed by atoms with Crippen molar-refractivity contribution in [1.29, 1.82) is 0 Å². The minimum Gasteiger partial charge on any atom is -0.240 e. The fraction of sp³-hybridized carbons (Fsp3) is 0.0625. The number of hydrogen-bond acceptors (Lipinski definition) is 4. The van der Waals surface area contributed by atoms with Gasteiger partial charge in [-0.15, -0.1) is 11.3 Å². The quantitative estimate of drug-likeness (QED) is 0.683. The fourth-order valence-corrected chi connectivity index (χ4v) is 4.21. The molecule has 0 saturated carbocycles. The third-order valence-electron chi connectivity index (χ3n) is 3.22. The van der Waals surface area contributed by atoms with Crippen molar-refractivity contribution >= 4 is 44.6 Å². The molecule has 2 aromatic carbocycles. The number of sulfonamides is 1. The zero-order valence-corrected chi connectivity index (χ0v) is 15.4. The van der Waals surface area contributed by atoms with E-state index in [0.29, 0.717) is 10.7 Å². The van der Waals surface area contributed by atoms with Crippen molar-refractivity contribution in [3.63, 3.8) is 0 Å². The number of nitrogens with zero attached hydrogens (tertiary/aromatic N) is 1. The third kappa shape index (κ3) is 3.96. The number of nitrogens with one attached hydrogen (secondary N) is 1. The Balaban J connectivity index is 1.73. The summed E-state index contributed by atoms with van der Waals surface area (Å²) in [4.78, 5) is 4.52. The van der Waals surface area contributed by atoms with Crippen LogP contribution < -0.4 is 4.72 Å². The second-order valence-corrected chi connectivity index (χ2v) is 8.35. The maximum absolute atomic E-state index is 12.3. The number of halogens is 2. The number of hydrogen-bond donors (Lipinski definition) is 1. The van der Waals surface area contributed by atoms with Crippen LogP contribution in [0.4, 0.5) is 0 Å². The lowest BCUT2D eigenvalue weighted by Gasteiger charge is -2.06. The summed E-state index contributed by atoms with van der Waals surface area (Å²) in [6.07, 6.45) is 0. The Morgan fingerprint density at radius 2 is 1.79 bits per heavy atom. The van der Waals surface area contributed by atoms with Gasteiger partial charge >= 0.3 is 0 Å². The average Bonchev–Trinajstić information content (AvgIpc) is 3.05. The van der Waals surface area contributed by atoms with E-state index in [4.69, 9.17) is 23.2 Å². The van der Waals surface area contributed by atoms with Gasteiger partial charge in [0.15, 0.2) is 0 Å². The lowest BCUT2D eigenvalue weighted by atomic mass is 10.2. The van der Waals surface area contributed by atoms with Gasteiger partial charge < -0.3 is 0 Å². The van der Waals surface area contributed by atoms with E-state index in [2.05, 4.69) is 9.71 Å². The van der Waals surface area contributed by atoms with Crippen LogP contribution in [0.5, 0.6) is 0 Å². The van der Waals surface area contributed by atoms with E-state index in [1.807, 2.05) is 35.7 Å². The summed E-state index contributed by atoms with van der Waals surface area (Å²) in [5.74, 6) is 0. The number of rotatable bonds is 5. The van der Waals surface area contributed by atoms with Crippen LogP contribution in [0, 0.1) is 0 Å². The molecule has 0 bridgehead atoms. The molecule has 124 valence electrons. The molecule has 0 atom stereocenters. The normalized spacial score (nSPS) is 11.6. The van der Waals surface area contributed by atoms with Crippen molar-refractivity contribution in [1.82, 2.24) is 9.71 Å². The number of aromatic nitrogens is 1. The molecule has 8 heteroatoms. The molecule has 4 nitrogen and oxygen atoms in total. The zero-order valence-electron chi connectivity index (χ0n) is 12.2. The van der Waals surface area contributed by atoms with E-state index in [1.165, 1.54) is 29.5 Å².